The summed E-state index contributed by atoms with van der Waals surface area (Å²) in [7, 11) is 0. The van der Waals surface area contributed by atoms with E-state index in [2.05, 4.69) is 27.7 Å². The molecule has 0 heterocycles. The highest BCUT2D eigenvalue weighted by Gasteiger charge is 2.34. The molecule has 1 nitrogen and oxygen atoms in total. The van der Waals surface area contributed by atoms with Gasteiger partial charge >= 0.3 is 0 Å². The predicted molar refractivity (Wildman–Crippen MR) is 55.5 cm³/mol. The van der Waals surface area contributed by atoms with Crippen molar-refractivity contribution in [2.45, 2.75) is 47.0 Å². The van der Waals surface area contributed by atoms with E-state index in [1.807, 2.05) is 0 Å². The molecule has 1 fully saturated rings. The molecule has 0 amide bonds. The average molecular weight is 182 g/mol. The van der Waals surface area contributed by atoms with E-state index < -0.39 is 0 Å². The SMILES string of the molecule is CCC(C)C1C(=O)CC(C)CC1C. The molecule has 1 aliphatic rings. The maximum atomic E-state index is 11.8. The fraction of sp³-hybridized carbons (Fsp3) is 0.917. The van der Waals surface area contributed by atoms with Crippen molar-refractivity contribution in [1.29, 1.82) is 0 Å². The standard InChI is InChI=1S/C12H22O/c1-5-9(3)12-10(4)6-8(2)7-11(12)13/h8-10,12H,5-7H2,1-4H3. The van der Waals surface area contributed by atoms with Gasteiger partial charge in [-0.3, -0.25) is 4.79 Å². The molecule has 4 unspecified atom stereocenters. The molecule has 0 bridgehead atoms. The van der Waals surface area contributed by atoms with Crippen LogP contribution in [0.2, 0.25) is 0 Å². The Morgan fingerprint density at radius 3 is 2.54 bits per heavy atom. The highest BCUT2D eigenvalue weighted by molar-refractivity contribution is 5.82. The van der Waals surface area contributed by atoms with Crippen molar-refractivity contribution < 1.29 is 4.79 Å². The smallest absolute Gasteiger partial charge is 0.136 e. The molecule has 0 spiro atoms. The second-order valence-electron chi connectivity index (χ2n) is 4.90. The Bertz CT molecular complexity index is 186. The van der Waals surface area contributed by atoms with Crippen LogP contribution in [0.15, 0.2) is 0 Å². The van der Waals surface area contributed by atoms with Gasteiger partial charge in [0.25, 0.3) is 0 Å². The van der Waals surface area contributed by atoms with E-state index >= 15 is 0 Å². The van der Waals surface area contributed by atoms with E-state index in [4.69, 9.17) is 0 Å². The Balaban J connectivity index is 2.67. The fourth-order valence-corrected chi connectivity index (χ4v) is 2.79. The minimum atomic E-state index is 0.348. The van der Waals surface area contributed by atoms with Crippen LogP contribution in [0.3, 0.4) is 0 Å². The summed E-state index contributed by atoms with van der Waals surface area (Å²) >= 11 is 0. The third-order valence-corrected chi connectivity index (χ3v) is 3.57. The molecule has 1 aliphatic carbocycles. The molecule has 0 aliphatic heterocycles. The first-order valence-electron chi connectivity index (χ1n) is 5.59. The van der Waals surface area contributed by atoms with Crippen molar-refractivity contribution in [2.75, 3.05) is 0 Å². The number of hydrogen-bond acceptors (Lipinski definition) is 1. The van der Waals surface area contributed by atoms with E-state index in [1.54, 1.807) is 0 Å². The molecule has 0 aromatic heterocycles. The van der Waals surface area contributed by atoms with Crippen molar-refractivity contribution in [3.63, 3.8) is 0 Å². The third kappa shape index (κ3) is 2.32. The Labute approximate surface area is 81.9 Å². The molecule has 1 saturated carbocycles. The van der Waals surface area contributed by atoms with Gasteiger partial charge in [-0.2, -0.15) is 0 Å². The zero-order chi connectivity index (χ0) is 10.0. The van der Waals surface area contributed by atoms with Crippen molar-refractivity contribution in [3.8, 4) is 0 Å². The van der Waals surface area contributed by atoms with E-state index in [0.717, 1.165) is 12.8 Å². The summed E-state index contributed by atoms with van der Waals surface area (Å²) < 4.78 is 0. The fourth-order valence-electron chi connectivity index (χ4n) is 2.79. The number of rotatable bonds is 2. The first-order chi connectivity index (χ1) is 6.06. The first-order valence-corrected chi connectivity index (χ1v) is 5.59. The lowest BCUT2D eigenvalue weighted by molar-refractivity contribution is -0.130. The minimum Gasteiger partial charge on any atom is -0.299 e. The Morgan fingerprint density at radius 1 is 1.46 bits per heavy atom. The molecule has 4 atom stereocenters. The minimum absolute atomic E-state index is 0.348. The van der Waals surface area contributed by atoms with Gasteiger partial charge in [0.15, 0.2) is 0 Å². The molecule has 13 heavy (non-hydrogen) atoms. The molecule has 0 radical (unpaired) electrons. The summed E-state index contributed by atoms with van der Waals surface area (Å²) in [5, 5.41) is 0. The number of hydrogen-bond donors (Lipinski definition) is 0. The van der Waals surface area contributed by atoms with E-state index in [-0.39, 0.29) is 0 Å². The summed E-state index contributed by atoms with van der Waals surface area (Å²) in [5.74, 6) is 2.66. The van der Waals surface area contributed by atoms with Crippen molar-refractivity contribution in [2.24, 2.45) is 23.7 Å². The van der Waals surface area contributed by atoms with E-state index in [1.165, 1.54) is 6.42 Å². The summed E-state index contributed by atoms with van der Waals surface area (Å²) in [6, 6.07) is 0. The van der Waals surface area contributed by atoms with Crippen LogP contribution in [0.4, 0.5) is 0 Å². The maximum absolute atomic E-state index is 11.8. The van der Waals surface area contributed by atoms with Gasteiger partial charge < -0.3 is 0 Å². The van der Waals surface area contributed by atoms with Crippen LogP contribution in [0.25, 0.3) is 0 Å². The zero-order valence-corrected chi connectivity index (χ0v) is 9.34. The molecule has 1 heteroatoms. The van der Waals surface area contributed by atoms with Crippen LogP contribution in [-0.2, 0) is 4.79 Å². The van der Waals surface area contributed by atoms with Gasteiger partial charge in [-0.15, -0.1) is 0 Å². The van der Waals surface area contributed by atoms with Crippen LogP contribution < -0.4 is 0 Å². The summed E-state index contributed by atoms with van der Waals surface area (Å²) in [4.78, 5) is 11.8. The molecule has 0 N–H and O–H groups in total. The van der Waals surface area contributed by atoms with Gasteiger partial charge in [0, 0.05) is 12.3 Å². The number of Topliss-reactive ketones (excluding diaryl/α,β-unsaturated/α-hetero) is 1. The van der Waals surface area contributed by atoms with Gasteiger partial charge in [-0.1, -0.05) is 34.1 Å². The lowest BCUT2D eigenvalue weighted by Gasteiger charge is -2.34. The Morgan fingerprint density at radius 2 is 2.08 bits per heavy atom. The van der Waals surface area contributed by atoms with Crippen LogP contribution in [0.5, 0.6) is 0 Å². The number of ketones is 1. The van der Waals surface area contributed by atoms with Gasteiger partial charge in [0.2, 0.25) is 0 Å². The number of carbonyl (C=O) groups is 1. The van der Waals surface area contributed by atoms with E-state index in [9.17, 15) is 4.79 Å². The topological polar surface area (TPSA) is 17.1 Å². The predicted octanol–water partition coefficient (Wildman–Crippen LogP) is 3.28. The normalized spacial score (nSPS) is 37.5. The lowest BCUT2D eigenvalue weighted by atomic mass is 9.69. The average Bonchev–Trinajstić information content (AvgIpc) is 2.02. The molecule has 76 valence electrons. The molecular weight excluding hydrogens is 160 g/mol. The van der Waals surface area contributed by atoms with Crippen LogP contribution in [0.1, 0.15) is 47.0 Å². The molecule has 1 rings (SSSR count). The summed E-state index contributed by atoms with van der Waals surface area (Å²) in [5.41, 5.74) is 0. The van der Waals surface area contributed by atoms with Gasteiger partial charge in [-0.25, -0.2) is 0 Å². The maximum Gasteiger partial charge on any atom is 0.136 e. The Hall–Kier alpha value is -0.330. The van der Waals surface area contributed by atoms with Gasteiger partial charge in [0.1, 0.15) is 5.78 Å². The van der Waals surface area contributed by atoms with E-state index in [0.29, 0.717) is 29.5 Å². The zero-order valence-electron chi connectivity index (χ0n) is 9.34. The van der Waals surface area contributed by atoms with Crippen LogP contribution in [0, 0.1) is 23.7 Å². The summed E-state index contributed by atoms with van der Waals surface area (Å²) in [6.45, 7) is 8.84. The second kappa shape index (κ2) is 4.26. The highest BCUT2D eigenvalue weighted by atomic mass is 16.1. The highest BCUT2D eigenvalue weighted by Crippen LogP contribution is 2.36. The largest absolute Gasteiger partial charge is 0.299 e. The Kier molecular flexibility index (Phi) is 3.52. The van der Waals surface area contributed by atoms with Gasteiger partial charge in [-0.05, 0) is 24.2 Å². The monoisotopic (exact) mass is 182 g/mol. The van der Waals surface area contributed by atoms with Crippen molar-refractivity contribution >= 4 is 5.78 Å². The molecule has 0 aromatic rings. The molecule has 0 saturated heterocycles. The lowest BCUT2D eigenvalue weighted by Crippen LogP contribution is -2.34. The van der Waals surface area contributed by atoms with Gasteiger partial charge in [0.05, 0.1) is 0 Å². The first kappa shape index (κ1) is 10.7. The number of carbonyl (C=O) groups excluding carboxylic acids is 1. The van der Waals surface area contributed by atoms with Crippen molar-refractivity contribution in [3.05, 3.63) is 0 Å². The summed E-state index contributed by atoms with van der Waals surface area (Å²) in [6.07, 6.45) is 3.19. The van der Waals surface area contributed by atoms with Crippen molar-refractivity contribution in [1.82, 2.24) is 0 Å². The third-order valence-electron chi connectivity index (χ3n) is 3.57. The second-order valence-corrected chi connectivity index (χ2v) is 4.90. The quantitative estimate of drug-likeness (QED) is 0.640. The van der Waals surface area contributed by atoms with Crippen LogP contribution in [-0.4, -0.2) is 5.78 Å². The molecule has 0 aromatic carbocycles. The van der Waals surface area contributed by atoms with Crippen LogP contribution >= 0.6 is 0 Å². The molecular formula is C12H22O.